The highest BCUT2D eigenvalue weighted by Gasteiger charge is 2.21. The standard InChI is InChI=1S/C16H18F2N4/c1-9(12-5-3-4-11(6-17)15(12)18)20-16-13-7-19-8-14(13)21-10(2)22-16/h3-5,9,19H,6-8H2,1-2H3,(H,20,21,22)/t9-/m1/s1. The summed E-state index contributed by atoms with van der Waals surface area (Å²) in [5.74, 6) is 0.894. The molecule has 2 N–H and O–H groups in total. The summed E-state index contributed by atoms with van der Waals surface area (Å²) < 4.78 is 27.1. The van der Waals surface area contributed by atoms with E-state index in [4.69, 9.17) is 0 Å². The van der Waals surface area contributed by atoms with Gasteiger partial charge in [-0.15, -0.1) is 0 Å². The lowest BCUT2D eigenvalue weighted by molar-refractivity contribution is 0.460. The second-order valence-electron chi connectivity index (χ2n) is 5.47. The molecule has 0 aliphatic carbocycles. The van der Waals surface area contributed by atoms with Crippen molar-refractivity contribution in [2.45, 2.75) is 39.7 Å². The molecule has 3 rings (SSSR count). The number of nitrogens with zero attached hydrogens (tertiary/aromatic N) is 2. The van der Waals surface area contributed by atoms with Crippen LogP contribution in [0.15, 0.2) is 18.2 Å². The van der Waals surface area contributed by atoms with E-state index in [9.17, 15) is 8.78 Å². The van der Waals surface area contributed by atoms with Crippen LogP contribution in [0.4, 0.5) is 14.6 Å². The Morgan fingerprint density at radius 2 is 2.14 bits per heavy atom. The van der Waals surface area contributed by atoms with Crippen molar-refractivity contribution in [3.8, 4) is 0 Å². The SMILES string of the molecule is Cc1nc2c(c(N[C@H](C)c3cccc(CF)c3F)n1)CNC2. The lowest BCUT2D eigenvalue weighted by Crippen LogP contribution is -2.14. The number of benzene rings is 1. The van der Waals surface area contributed by atoms with Crippen molar-refractivity contribution in [3.05, 3.63) is 52.2 Å². The lowest BCUT2D eigenvalue weighted by atomic mass is 10.0. The van der Waals surface area contributed by atoms with Crippen molar-refractivity contribution < 1.29 is 8.78 Å². The molecular weight excluding hydrogens is 286 g/mol. The molecule has 0 saturated heterocycles. The van der Waals surface area contributed by atoms with E-state index < -0.39 is 12.5 Å². The number of fused-ring (bicyclic) bond motifs is 1. The van der Waals surface area contributed by atoms with Crippen LogP contribution < -0.4 is 10.6 Å². The number of rotatable bonds is 4. The van der Waals surface area contributed by atoms with Gasteiger partial charge in [0.1, 0.15) is 24.1 Å². The summed E-state index contributed by atoms with van der Waals surface area (Å²) >= 11 is 0. The molecule has 0 radical (unpaired) electrons. The first-order valence-corrected chi connectivity index (χ1v) is 7.27. The zero-order chi connectivity index (χ0) is 15.7. The first kappa shape index (κ1) is 14.8. The van der Waals surface area contributed by atoms with Crippen molar-refractivity contribution in [2.24, 2.45) is 0 Å². The fraction of sp³-hybridized carbons (Fsp3) is 0.375. The number of aromatic nitrogens is 2. The van der Waals surface area contributed by atoms with Gasteiger partial charge in [-0.2, -0.15) is 0 Å². The van der Waals surface area contributed by atoms with Crippen molar-refractivity contribution in [1.29, 1.82) is 0 Å². The summed E-state index contributed by atoms with van der Waals surface area (Å²) in [6.45, 7) is 4.27. The average molecular weight is 304 g/mol. The summed E-state index contributed by atoms with van der Waals surface area (Å²) in [6.07, 6.45) is 0. The number of alkyl halides is 1. The van der Waals surface area contributed by atoms with E-state index in [1.165, 1.54) is 6.07 Å². The van der Waals surface area contributed by atoms with E-state index in [1.807, 2.05) is 13.8 Å². The van der Waals surface area contributed by atoms with Gasteiger partial charge in [0.2, 0.25) is 0 Å². The van der Waals surface area contributed by atoms with Crippen LogP contribution >= 0.6 is 0 Å². The Morgan fingerprint density at radius 3 is 2.91 bits per heavy atom. The fourth-order valence-corrected chi connectivity index (χ4v) is 2.73. The van der Waals surface area contributed by atoms with E-state index in [0.29, 0.717) is 30.3 Å². The minimum Gasteiger partial charge on any atom is -0.363 e. The third-order valence-corrected chi connectivity index (χ3v) is 3.87. The summed E-state index contributed by atoms with van der Waals surface area (Å²) in [6, 6.07) is 4.48. The van der Waals surface area contributed by atoms with Gasteiger partial charge in [0, 0.05) is 29.8 Å². The van der Waals surface area contributed by atoms with E-state index in [0.717, 1.165) is 11.3 Å². The predicted molar refractivity (Wildman–Crippen MR) is 80.6 cm³/mol. The van der Waals surface area contributed by atoms with Crippen LogP contribution in [0.25, 0.3) is 0 Å². The van der Waals surface area contributed by atoms with Gasteiger partial charge >= 0.3 is 0 Å². The number of halogens is 2. The molecule has 1 aliphatic rings. The van der Waals surface area contributed by atoms with Gasteiger partial charge in [-0.1, -0.05) is 18.2 Å². The molecule has 0 saturated carbocycles. The number of hydrogen-bond acceptors (Lipinski definition) is 4. The van der Waals surface area contributed by atoms with Gasteiger partial charge in [0.25, 0.3) is 0 Å². The molecule has 22 heavy (non-hydrogen) atoms. The molecule has 1 aromatic carbocycles. The zero-order valence-corrected chi connectivity index (χ0v) is 12.6. The van der Waals surface area contributed by atoms with Gasteiger partial charge in [-0.05, 0) is 13.8 Å². The molecule has 4 nitrogen and oxygen atoms in total. The molecule has 2 heterocycles. The normalized spacial score (nSPS) is 14.7. The summed E-state index contributed by atoms with van der Waals surface area (Å²) in [7, 11) is 0. The molecule has 2 aromatic rings. The molecule has 1 atom stereocenters. The Kier molecular flexibility index (Phi) is 4.02. The Labute approximate surface area is 128 Å². The minimum absolute atomic E-state index is 0.0805. The number of nitrogens with one attached hydrogen (secondary N) is 2. The number of anilines is 1. The van der Waals surface area contributed by atoms with Gasteiger partial charge in [0.05, 0.1) is 11.7 Å². The maximum Gasteiger partial charge on any atom is 0.135 e. The third-order valence-electron chi connectivity index (χ3n) is 3.87. The largest absolute Gasteiger partial charge is 0.363 e. The van der Waals surface area contributed by atoms with Crippen LogP contribution in [0.5, 0.6) is 0 Å². The smallest absolute Gasteiger partial charge is 0.135 e. The summed E-state index contributed by atoms with van der Waals surface area (Å²) in [4.78, 5) is 8.83. The molecule has 0 amide bonds. The minimum atomic E-state index is -0.807. The first-order chi connectivity index (χ1) is 10.6. The average Bonchev–Trinajstić information content (AvgIpc) is 2.95. The Hall–Kier alpha value is -2.08. The lowest BCUT2D eigenvalue weighted by Gasteiger charge is -2.18. The first-order valence-electron chi connectivity index (χ1n) is 7.27. The van der Waals surface area contributed by atoms with Crippen molar-refractivity contribution >= 4 is 5.82 Å². The second kappa shape index (κ2) is 5.96. The molecule has 0 spiro atoms. The highest BCUT2D eigenvalue weighted by atomic mass is 19.1. The quantitative estimate of drug-likeness (QED) is 0.911. The Balaban J connectivity index is 1.91. The van der Waals surface area contributed by atoms with E-state index in [2.05, 4.69) is 20.6 Å². The maximum absolute atomic E-state index is 14.3. The molecule has 1 aromatic heterocycles. The van der Waals surface area contributed by atoms with E-state index in [1.54, 1.807) is 12.1 Å². The third kappa shape index (κ3) is 2.66. The topological polar surface area (TPSA) is 49.8 Å². The molecule has 0 bridgehead atoms. The van der Waals surface area contributed by atoms with E-state index >= 15 is 0 Å². The maximum atomic E-state index is 14.3. The summed E-state index contributed by atoms with van der Waals surface area (Å²) in [5, 5.41) is 6.47. The highest BCUT2D eigenvalue weighted by molar-refractivity contribution is 5.50. The van der Waals surface area contributed by atoms with Crippen LogP contribution in [-0.2, 0) is 19.8 Å². The number of aryl methyl sites for hydroxylation is 1. The van der Waals surface area contributed by atoms with Crippen molar-refractivity contribution in [3.63, 3.8) is 0 Å². The van der Waals surface area contributed by atoms with Gasteiger partial charge in [-0.3, -0.25) is 0 Å². The van der Waals surface area contributed by atoms with Gasteiger partial charge in [-0.25, -0.2) is 18.7 Å². The molecule has 1 aliphatic heterocycles. The van der Waals surface area contributed by atoms with Crippen LogP contribution in [-0.4, -0.2) is 9.97 Å². The van der Waals surface area contributed by atoms with Crippen LogP contribution in [0, 0.1) is 12.7 Å². The highest BCUT2D eigenvalue weighted by Crippen LogP contribution is 2.27. The molecule has 0 fully saturated rings. The van der Waals surface area contributed by atoms with Crippen LogP contribution in [0.1, 0.15) is 41.2 Å². The second-order valence-corrected chi connectivity index (χ2v) is 5.47. The Bertz CT molecular complexity index is 703. The zero-order valence-electron chi connectivity index (χ0n) is 12.6. The van der Waals surface area contributed by atoms with Gasteiger partial charge in [0.15, 0.2) is 0 Å². The summed E-state index contributed by atoms with van der Waals surface area (Å²) in [5.41, 5.74) is 2.50. The number of hydrogen-bond donors (Lipinski definition) is 2. The van der Waals surface area contributed by atoms with Crippen molar-refractivity contribution in [1.82, 2.24) is 15.3 Å². The van der Waals surface area contributed by atoms with Crippen LogP contribution in [0.3, 0.4) is 0 Å². The molecule has 0 unspecified atom stereocenters. The molecule has 6 heteroatoms. The predicted octanol–water partition coefficient (Wildman–Crippen LogP) is 3.17. The van der Waals surface area contributed by atoms with Crippen molar-refractivity contribution in [2.75, 3.05) is 5.32 Å². The Morgan fingerprint density at radius 1 is 1.32 bits per heavy atom. The molecule has 116 valence electrons. The van der Waals surface area contributed by atoms with Crippen LogP contribution in [0.2, 0.25) is 0 Å². The van der Waals surface area contributed by atoms with Gasteiger partial charge < -0.3 is 10.6 Å². The van der Waals surface area contributed by atoms with E-state index in [-0.39, 0.29) is 11.6 Å². The fourth-order valence-electron chi connectivity index (χ4n) is 2.73. The monoisotopic (exact) mass is 304 g/mol. The molecular formula is C16H18F2N4.